The number of hydrogen-bond acceptors (Lipinski definition) is 4. The van der Waals surface area contributed by atoms with Crippen LogP contribution in [-0.4, -0.2) is 59.3 Å². The minimum Gasteiger partial charge on any atom is -0.394 e. The van der Waals surface area contributed by atoms with E-state index in [9.17, 15) is 14.7 Å². The maximum absolute atomic E-state index is 12.3. The molecule has 0 aliphatic carbocycles. The van der Waals surface area contributed by atoms with E-state index in [1.165, 1.54) is 0 Å². The lowest BCUT2D eigenvalue weighted by atomic mass is 10.0. The Kier molecular flexibility index (Phi) is 3.59. The van der Waals surface area contributed by atoms with Gasteiger partial charge in [-0.2, -0.15) is 0 Å². The van der Waals surface area contributed by atoms with E-state index in [-0.39, 0.29) is 24.5 Å². The van der Waals surface area contributed by atoms with Crippen LogP contribution in [0.5, 0.6) is 0 Å². The Morgan fingerprint density at radius 2 is 2.33 bits per heavy atom. The van der Waals surface area contributed by atoms with Crippen molar-refractivity contribution in [3.63, 3.8) is 0 Å². The van der Waals surface area contributed by atoms with Crippen LogP contribution in [0.1, 0.15) is 26.7 Å². The number of amides is 2. The van der Waals surface area contributed by atoms with Crippen molar-refractivity contribution in [1.29, 1.82) is 0 Å². The number of aliphatic hydroxyl groups is 1. The molecule has 0 spiro atoms. The lowest BCUT2D eigenvalue weighted by Crippen LogP contribution is -2.58. The summed E-state index contributed by atoms with van der Waals surface area (Å²) in [5, 5.41) is 11.9. The topological polar surface area (TPSA) is 78.9 Å². The molecule has 0 aromatic heterocycles. The SMILES string of the molecule is CC1(C)CN(C(=O)[C@H]2CCC(=O)N2)CC(CO)O1. The average Bonchev–Trinajstić information content (AvgIpc) is 2.72. The third-order valence-electron chi connectivity index (χ3n) is 3.29. The summed E-state index contributed by atoms with van der Waals surface area (Å²) in [6, 6.07) is -0.411. The smallest absolute Gasteiger partial charge is 0.245 e. The highest BCUT2D eigenvalue weighted by atomic mass is 16.5. The van der Waals surface area contributed by atoms with E-state index in [2.05, 4.69) is 5.32 Å². The highest BCUT2D eigenvalue weighted by Gasteiger charge is 2.39. The number of nitrogens with zero attached hydrogens (tertiary/aromatic N) is 1. The van der Waals surface area contributed by atoms with Crippen molar-refractivity contribution in [3.05, 3.63) is 0 Å². The van der Waals surface area contributed by atoms with Crippen LogP contribution in [0.3, 0.4) is 0 Å². The number of carbonyl (C=O) groups is 2. The Bertz CT molecular complexity index is 356. The van der Waals surface area contributed by atoms with E-state index in [0.717, 1.165) is 0 Å². The van der Waals surface area contributed by atoms with E-state index in [0.29, 0.717) is 25.9 Å². The van der Waals surface area contributed by atoms with Gasteiger partial charge in [-0.05, 0) is 20.3 Å². The van der Waals surface area contributed by atoms with Crippen LogP contribution in [0.25, 0.3) is 0 Å². The minimum absolute atomic E-state index is 0.0698. The quantitative estimate of drug-likeness (QED) is 0.682. The van der Waals surface area contributed by atoms with Crippen LogP contribution < -0.4 is 5.32 Å². The number of ether oxygens (including phenoxy) is 1. The first-order valence-corrected chi connectivity index (χ1v) is 6.28. The second-order valence-electron chi connectivity index (χ2n) is 5.56. The summed E-state index contributed by atoms with van der Waals surface area (Å²) in [4.78, 5) is 25.1. The molecule has 6 heteroatoms. The van der Waals surface area contributed by atoms with Gasteiger partial charge in [0, 0.05) is 19.5 Å². The largest absolute Gasteiger partial charge is 0.394 e. The predicted molar refractivity (Wildman–Crippen MR) is 63.8 cm³/mol. The molecule has 2 saturated heterocycles. The monoisotopic (exact) mass is 256 g/mol. The number of morpholine rings is 1. The normalized spacial score (nSPS) is 31.3. The maximum atomic E-state index is 12.3. The summed E-state index contributed by atoms with van der Waals surface area (Å²) in [6.07, 6.45) is 0.613. The van der Waals surface area contributed by atoms with Crippen LogP contribution in [0.2, 0.25) is 0 Å². The van der Waals surface area contributed by atoms with Gasteiger partial charge in [0.25, 0.3) is 0 Å². The Labute approximate surface area is 106 Å². The first-order chi connectivity index (χ1) is 8.41. The molecule has 0 aromatic carbocycles. The van der Waals surface area contributed by atoms with Gasteiger partial charge in [-0.3, -0.25) is 9.59 Å². The van der Waals surface area contributed by atoms with Crippen LogP contribution >= 0.6 is 0 Å². The highest BCUT2D eigenvalue weighted by Crippen LogP contribution is 2.22. The van der Waals surface area contributed by atoms with Gasteiger partial charge in [0.15, 0.2) is 0 Å². The molecule has 2 amide bonds. The van der Waals surface area contributed by atoms with E-state index in [1.54, 1.807) is 4.90 Å². The van der Waals surface area contributed by atoms with Crippen LogP contribution in [0.15, 0.2) is 0 Å². The Hall–Kier alpha value is -1.14. The van der Waals surface area contributed by atoms with Crippen molar-refractivity contribution in [3.8, 4) is 0 Å². The highest BCUT2D eigenvalue weighted by molar-refractivity contribution is 5.90. The molecule has 2 atom stereocenters. The summed E-state index contributed by atoms with van der Waals surface area (Å²) in [7, 11) is 0. The van der Waals surface area contributed by atoms with E-state index >= 15 is 0 Å². The van der Waals surface area contributed by atoms with Gasteiger partial charge < -0.3 is 20.1 Å². The van der Waals surface area contributed by atoms with Crippen molar-refractivity contribution < 1.29 is 19.4 Å². The fraction of sp³-hybridized carbons (Fsp3) is 0.833. The van der Waals surface area contributed by atoms with Crippen LogP contribution in [-0.2, 0) is 14.3 Å². The Morgan fingerprint density at radius 1 is 1.61 bits per heavy atom. The number of nitrogens with one attached hydrogen (secondary N) is 1. The number of carbonyl (C=O) groups excluding carboxylic acids is 2. The van der Waals surface area contributed by atoms with Crippen molar-refractivity contribution in [2.24, 2.45) is 0 Å². The first kappa shape index (κ1) is 13.3. The first-order valence-electron chi connectivity index (χ1n) is 6.28. The van der Waals surface area contributed by atoms with Gasteiger partial charge >= 0.3 is 0 Å². The summed E-state index contributed by atoms with van der Waals surface area (Å²) < 4.78 is 5.66. The van der Waals surface area contributed by atoms with Gasteiger partial charge in [0.05, 0.1) is 18.3 Å². The summed E-state index contributed by atoms with van der Waals surface area (Å²) in [5.74, 6) is -0.143. The van der Waals surface area contributed by atoms with Crippen molar-refractivity contribution in [1.82, 2.24) is 10.2 Å². The molecule has 2 aliphatic heterocycles. The molecule has 6 nitrogen and oxygen atoms in total. The van der Waals surface area contributed by atoms with Gasteiger partial charge in [-0.1, -0.05) is 0 Å². The van der Waals surface area contributed by atoms with Crippen molar-refractivity contribution >= 4 is 11.8 Å². The summed E-state index contributed by atoms with van der Waals surface area (Å²) in [5.41, 5.74) is -0.468. The zero-order chi connectivity index (χ0) is 13.3. The lowest BCUT2D eigenvalue weighted by Gasteiger charge is -2.43. The molecular formula is C12H20N2O4. The molecule has 2 aliphatic rings. The summed E-state index contributed by atoms with van der Waals surface area (Å²) in [6.45, 7) is 4.54. The molecule has 2 heterocycles. The molecular weight excluding hydrogens is 236 g/mol. The van der Waals surface area contributed by atoms with E-state index < -0.39 is 11.6 Å². The second-order valence-corrected chi connectivity index (χ2v) is 5.56. The zero-order valence-corrected chi connectivity index (χ0v) is 10.8. The molecule has 0 radical (unpaired) electrons. The Balaban J connectivity index is 2.03. The fourth-order valence-corrected chi connectivity index (χ4v) is 2.58. The Morgan fingerprint density at radius 3 is 2.89 bits per heavy atom. The molecule has 102 valence electrons. The van der Waals surface area contributed by atoms with Crippen molar-refractivity contribution in [2.75, 3.05) is 19.7 Å². The lowest BCUT2D eigenvalue weighted by molar-refractivity contribution is -0.168. The van der Waals surface area contributed by atoms with Gasteiger partial charge in [-0.25, -0.2) is 0 Å². The molecule has 2 fully saturated rings. The zero-order valence-electron chi connectivity index (χ0n) is 10.8. The fourth-order valence-electron chi connectivity index (χ4n) is 2.58. The third kappa shape index (κ3) is 2.81. The minimum atomic E-state index is -0.468. The van der Waals surface area contributed by atoms with E-state index in [4.69, 9.17) is 4.74 Å². The van der Waals surface area contributed by atoms with E-state index in [1.807, 2.05) is 13.8 Å². The van der Waals surface area contributed by atoms with Gasteiger partial charge in [0.1, 0.15) is 6.04 Å². The number of rotatable bonds is 2. The van der Waals surface area contributed by atoms with Crippen molar-refractivity contribution in [2.45, 2.75) is 44.4 Å². The van der Waals surface area contributed by atoms with Gasteiger partial charge in [-0.15, -0.1) is 0 Å². The molecule has 0 saturated carbocycles. The molecule has 2 rings (SSSR count). The molecule has 0 aromatic rings. The summed E-state index contributed by atoms with van der Waals surface area (Å²) >= 11 is 0. The standard InChI is InChI=1S/C12H20N2O4/c1-12(2)7-14(5-8(6-15)18-12)11(17)9-3-4-10(16)13-9/h8-9,15H,3-7H2,1-2H3,(H,13,16)/t8?,9-/m1/s1. The average molecular weight is 256 g/mol. The third-order valence-corrected chi connectivity index (χ3v) is 3.29. The predicted octanol–water partition coefficient (Wildman–Crippen LogP) is -0.737. The molecule has 1 unspecified atom stereocenters. The number of hydrogen-bond donors (Lipinski definition) is 2. The number of aliphatic hydroxyl groups excluding tert-OH is 1. The van der Waals surface area contributed by atoms with Gasteiger partial charge in [0.2, 0.25) is 11.8 Å². The molecule has 0 bridgehead atoms. The van der Waals surface area contributed by atoms with Crippen LogP contribution in [0.4, 0.5) is 0 Å². The second kappa shape index (κ2) is 4.85. The maximum Gasteiger partial charge on any atom is 0.245 e. The molecule has 18 heavy (non-hydrogen) atoms. The molecule has 2 N–H and O–H groups in total. The van der Waals surface area contributed by atoms with Crippen LogP contribution in [0, 0.1) is 0 Å².